The third-order valence-electron chi connectivity index (χ3n) is 6.05. The van der Waals surface area contributed by atoms with E-state index in [0.717, 1.165) is 33.7 Å². The number of aromatic amines is 2. The van der Waals surface area contributed by atoms with Crippen molar-refractivity contribution < 1.29 is 48.2 Å². The Hall–Kier alpha value is -6.97. The van der Waals surface area contributed by atoms with Gasteiger partial charge in [-0.1, -0.05) is 12.1 Å². The normalized spacial score (nSPS) is 11.6. The zero-order valence-electron chi connectivity index (χ0n) is 29.3. The molecule has 0 saturated heterocycles. The maximum atomic E-state index is 11.4. The summed E-state index contributed by atoms with van der Waals surface area (Å²) in [5.74, 6) is -2.65. The number of nitrogens with zero attached hydrogens (tertiary/aromatic N) is 3. The van der Waals surface area contributed by atoms with E-state index < -0.39 is 63.4 Å². The highest BCUT2D eigenvalue weighted by atomic mass is 16.6. The van der Waals surface area contributed by atoms with Gasteiger partial charge in [-0.05, 0) is 40.7 Å². The lowest BCUT2D eigenvalue weighted by atomic mass is 10.3. The van der Waals surface area contributed by atoms with Crippen molar-refractivity contribution >= 4 is 35.4 Å². The maximum Gasteiger partial charge on any atom is 0.419 e. The van der Waals surface area contributed by atoms with Gasteiger partial charge in [-0.25, -0.2) is 24.0 Å². The van der Waals surface area contributed by atoms with Crippen LogP contribution in [0, 0.1) is 10.1 Å². The first-order chi connectivity index (χ1) is 24.8. The number of carboxylic acid groups (broad SMARTS) is 1. The van der Waals surface area contributed by atoms with E-state index in [9.17, 15) is 53.3 Å². The number of rotatable bonds is 10. The van der Waals surface area contributed by atoms with Crippen LogP contribution in [-0.4, -0.2) is 78.6 Å². The summed E-state index contributed by atoms with van der Waals surface area (Å²) in [7, 11) is 1.23. The quantitative estimate of drug-likeness (QED) is 0.0605. The van der Waals surface area contributed by atoms with Crippen LogP contribution in [0.4, 0.5) is 10.5 Å². The molecule has 0 fully saturated rings. The molecule has 22 nitrogen and oxygen atoms in total. The third-order valence-corrected chi connectivity index (χ3v) is 6.05. The summed E-state index contributed by atoms with van der Waals surface area (Å²) in [6, 6.07) is 5.57. The number of ether oxygens (including phenoxy) is 3. The van der Waals surface area contributed by atoms with Gasteiger partial charge in [0.15, 0.2) is 0 Å². The van der Waals surface area contributed by atoms with Crippen molar-refractivity contribution in [1.29, 1.82) is 0 Å². The Labute approximate surface area is 299 Å². The molecule has 3 aromatic rings. The SMILES string of the molecule is CC(=O)[C@H](C)N.CCO/C=C/C(=O)NC(=O)Oc1ccccc1[N+](=O)[O-].COC(=O)[C@H](C)n1ccc(=O)[nH]c1=O.C[C@@H](C(=O)O)n1ccc(=O)[nH]c1=O. The number of para-hydroxylation sites is 2. The van der Waals surface area contributed by atoms with E-state index in [-0.39, 0.29) is 23.3 Å². The van der Waals surface area contributed by atoms with Gasteiger partial charge in [0.1, 0.15) is 17.9 Å². The first kappa shape index (κ1) is 46.0. The van der Waals surface area contributed by atoms with Crippen molar-refractivity contribution in [2.24, 2.45) is 5.73 Å². The highest BCUT2D eigenvalue weighted by molar-refractivity contribution is 5.99. The molecule has 1 aromatic carbocycles. The summed E-state index contributed by atoms with van der Waals surface area (Å²) in [4.78, 5) is 112. The number of nitro benzene ring substituents is 1. The number of carbonyl (C=O) groups excluding carboxylic acids is 4. The standard InChI is InChI=1S/C12H12N2O6.C8H10N2O4.C7H8N2O4.C4H9NO/c1-2-19-8-7-11(15)13-12(16)20-10-6-4-3-5-9(10)14(17)18;1-5(7(12)14-2)10-4-3-6(11)9-8(10)13;1-4(6(11)12)9-3-2-5(10)8-7(9)13;1-3(5)4(2)6/h3-8H,2H2,1H3,(H,13,15,16);3-5H,1-2H3,(H,9,11,13);2-4H,1H3,(H,11,12)(H,8,10,13);3H,5H2,1-2H3/b8-7+;;;/t;5-;4-;3-/m.000/s1. The molecule has 0 bridgehead atoms. The number of Topliss-reactive ketones (excluding diaryl/α,β-unsaturated/α-hetero) is 1. The molecule has 0 spiro atoms. The number of carbonyl (C=O) groups is 5. The van der Waals surface area contributed by atoms with Gasteiger partial charge in [-0.2, -0.15) is 0 Å². The molecule has 2 amide bonds. The van der Waals surface area contributed by atoms with Gasteiger partial charge in [0.05, 0.1) is 30.9 Å². The van der Waals surface area contributed by atoms with Crippen molar-refractivity contribution in [2.45, 2.75) is 52.7 Å². The fourth-order valence-corrected chi connectivity index (χ4v) is 3.04. The van der Waals surface area contributed by atoms with Gasteiger partial charge >= 0.3 is 35.1 Å². The summed E-state index contributed by atoms with van der Waals surface area (Å²) in [5, 5.41) is 21.1. The molecule has 0 unspecified atom stereocenters. The van der Waals surface area contributed by atoms with E-state index in [0.29, 0.717) is 6.61 Å². The Morgan fingerprint density at radius 3 is 1.85 bits per heavy atom. The Morgan fingerprint density at radius 2 is 1.43 bits per heavy atom. The van der Waals surface area contributed by atoms with Crippen LogP contribution in [0.25, 0.3) is 0 Å². The summed E-state index contributed by atoms with van der Waals surface area (Å²) in [6.07, 6.45) is 3.39. The van der Waals surface area contributed by atoms with Crippen molar-refractivity contribution in [3.63, 3.8) is 0 Å². The Kier molecular flexibility index (Phi) is 20.4. The van der Waals surface area contributed by atoms with Gasteiger partial charge in [-0.3, -0.25) is 53.7 Å². The molecular weight excluding hydrogens is 710 g/mol. The fraction of sp³-hybridized carbons (Fsp3) is 0.323. The number of hydrogen-bond acceptors (Lipinski definition) is 15. The summed E-state index contributed by atoms with van der Waals surface area (Å²) >= 11 is 0. The number of ketones is 1. The van der Waals surface area contributed by atoms with E-state index in [1.807, 2.05) is 15.3 Å². The molecule has 3 atom stereocenters. The van der Waals surface area contributed by atoms with Crippen LogP contribution in [0.5, 0.6) is 5.75 Å². The van der Waals surface area contributed by atoms with Crippen LogP contribution in [0.2, 0.25) is 0 Å². The number of carboxylic acids is 1. The van der Waals surface area contributed by atoms with Gasteiger partial charge in [0.2, 0.25) is 5.75 Å². The molecule has 3 rings (SSSR count). The zero-order chi connectivity index (χ0) is 40.8. The van der Waals surface area contributed by atoms with Crippen molar-refractivity contribution in [2.75, 3.05) is 13.7 Å². The topological polar surface area (TPSA) is 324 Å². The van der Waals surface area contributed by atoms with Crippen LogP contribution in [0.1, 0.15) is 46.7 Å². The third kappa shape index (κ3) is 17.5. The fourth-order valence-electron chi connectivity index (χ4n) is 3.04. The van der Waals surface area contributed by atoms with E-state index in [1.54, 1.807) is 13.8 Å². The van der Waals surface area contributed by atoms with Crippen molar-refractivity contribution in [3.05, 3.63) is 113 Å². The first-order valence-corrected chi connectivity index (χ1v) is 15.0. The van der Waals surface area contributed by atoms with Crippen molar-refractivity contribution in [3.8, 4) is 5.75 Å². The molecule has 2 aromatic heterocycles. The maximum absolute atomic E-state index is 11.4. The molecule has 6 N–H and O–H groups in total. The largest absolute Gasteiger partial charge is 0.501 e. The molecule has 0 aliphatic heterocycles. The Morgan fingerprint density at radius 1 is 0.943 bits per heavy atom. The molecule has 288 valence electrons. The minimum absolute atomic E-state index is 0.0370. The molecule has 0 radical (unpaired) electrons. The molecule has 53 heavy (non-hydrogen) atoms. The lowest BCUT2D eigenvalue weighted by molar-refractivity contribution is -0.385. The number of nitro groups is 1. The van der Waals surface area contributed by atoms with Crippen LogP contribution in [0.15, 0.2) is 80.3 Å². The lowest BCUT2D eigenvalue weighted by Gasteiger charge is -2.10. The minimum Gasteiger partial charge on any atom is -0.501 e. The molecule has 22 heteroatoms. The van der Waals surface area contributed by atoms with Crippen LogP contribution >= 0.6 is 0 Å². The van der Waals surface area contributed by atoms with Gasteiger partial charge < -0.3 is 25.1 Å². The van der Waals surface area contributed by atoms with Gasteiger partial charge in [0, 0.05) is 36.7 Å². The number of imide groups is 1. The average molecular weight is 750 g/mol. The predicted molar refractivity (Wildman–Crippen MR) is 184 cm³/mol. The Balaban J connectivity index is 0.000000726. The second-order valence-electron chi connectivity index (χ2n) is 10.0. The molecule has 0 aliphatic carbocycles. The summed E-state index contributed by atoms with van der Waals surface area (Å²) in [6.45, 7) is 8.11. The van der Waals surface area contributed by atoms with Crippen molar-refractivity contribution in [1.82, 2.24) is 24.4 Å². The number of nitrogens with one attached hydrogen (secondary N) is 3. The summed E-state index contributed by atoms with van der Waals surface area (Å²) < 4.78 is 16.0. The van der Waals surface area contributed by atoms with E-state index in [4.69, 9.17) is 20.3 Å². The number of amides is 2. The first-order valence-electron chi connectivity index (χ1n) is 15.0. The predicted octanol–water partition coefficient (Wildman–Crippen LogP) is 0.135. The lowest BCUT2D eigenvalue weighted by Crippen LogP contribution is -2.33. The van der Waals surface area contributed by atoms with Crippen LogP contribution in [0.3, 0.4) is 0 Å². The minimum atomic E-state index is -1.13. The molecule has 0 saturated carbocycles. The molecule has 0 aliphatic rings. The van der Waals surface area contributed by atoms with Gasteiger partial charge in [-0.15, -0.1) is 0 Å². The number of H-pyrrole nitrogens is 2. The van der Waals surface area contributed by atoms with E-state index >= 15 is 0 Å². The average Bonchev–Trinajstić information content (AvgIpc) is 3.08. The van der Waals surface area contributed by atoms with Gasteiger partial charge in [0.25, 0.3) is 17.0 Å². The highest BCUT2D eigenvalue weighted by Crippen LogP contribution is 2.25. The number of aromatic nitrogens is 4. The number of nitrogens with two attached hydrogens (primary N) is 1. The Bertz CT molecular complexity index is 1990. The monoisotopic (exact) mass is 749 g/mol. The second kappa shape index (κ2) is 23.4. The van der Waals surface area contributed by atoms with E-state index in [1.165, 1.54) is 64.4 Å². The number of benzene rings is 1. The number of hydrogen-bond donors (Lipinski definition) is 5. The number of methoxy groups -OCH3 is 1. The molecule has 2 heterocycles. The molecular formula is C31H39N7O15. The summed E-state index contributed by atoms with van der Waals surface area (Å²) in [5.41, 5.74) is 2.32. The van der Waals surface area contributed by atoms with Crippen LogP contribution < -0.4 is 38.3 Å². The highest BCUT2D eigenvalue weighted by Gasteiger charge is 2.18. The number of aliphatic carboxylic acids is 1. The zero-order valence-corrected chi connectivity index (χ0v) is 29.3. The second-order valence-corrected chi connectivity index (χ2v) is 10.0. The number of esters is 1. The van der Waals surface area contributed by atoms with E-state index in [2.05, 4.69) is 4.74 Å². The van der Waals surface area contributed by atoms with Crippen LogP contribution in [-0.2, 0) is 28.7 Å². The smallest absolute Gasteiger partial charge is 0.419 e.